The first kappa shape index (κ1) is 36.9. The summed E-state index contributed by atoms with van der Waals surface area (Å²) in [6.07, 6.45) is 14.9. The van der Waals surface area contributed by atoms with Gasteiger partial charge in [-0.2, -0.15) is 0 Å². The Balaban J connectivity index is 2.38. The van der Waals surface area contributed by atoms with E-state index >= 15 is 0 Å². The third-order valence-electron chi connectivity index (χ3n) is 8.02. The SMILES string of the molecule is C=CCOC(=O)/C=C(C)/C=C/[C@@H]1O[C@@]2(CC[C@H](C)[C@@H](C/C=C(\C)C=O)O2)CC[C@@]1(CCCC)OC(=O)CCC(=O)OCC=C. The van der Waals surface area contributed by atoms with Gasteiger partial charge in [0.1, 0.15) is 31.2 Å². The van der Waals surface area contributed by atoms with Crippen molar-refractivity contribution in [2.24, 2.45) is 5.92 Å². The van der Waals surface area contributed by atoms with Crippen LogP contribution in [0.1, 0.15) is 91.9 Å². The van der Waals surface area contributed by atoms with Gasteiger partial charge in [-0.05, 0) is 63.0 Å². The molecule has 9 heteroatoms. The number of ether oxygens (including phenoxy) is 5. The van der Waals surface area contributed by atoms with Gasteiger partial charge in [0, 0.05) is 18.9 Å². The lowest BCUT2D eigenvalue weighted by atomic mass is 9.78. The molecule has 2 fully saturated rings. The van der Waals surface area contributed by atoms with Crippen molar-refractivity contribution in [2.75, 3.05) is 13.2 Å². The number of aldehydes is 1. The Hall–Kier alpha value is -3.30. The van der Waals surface area contributed by atoms with Gasteiger partial charge in [-0.3, -0.25) is 14.4 Å². The lowest BCUT2D eigenvalue weighted by molar-refractivity contribution is -0.344. The van der Waals surface area contributed by atoms with Crippen molar-refractivity contribution in [2.45, 2.75) is 115 Å². The molecule has 0 aromatic heterocycles. The van der Waals surface area contributed by atoms with Crippen molar-refractivity contribution in [3.8, 4) is 0 Å². The van der Waals surface area contributed by atoms with Gasteiger partial charge in [-0.25, -0.2) is 4.79 Å². The van der Waals surface area contributed by atoms with Gasteiger partial charge in [0.05, 0.1) is 18.9 Å². The van der Waals surface area contributed by atoms with Gasteiger partial charge in [-0.15, -0.1) is 0 Å². The van der Waals surface area contributed by atoms with E-state index < -0.39 is 35.4 Å². The molecule has 0 aromatic rings. The summed E-state index contributed by atoms with van der Waals surface area (Å²) in [5.74, 6) is -2.14. The molecule has 0 radical (unpaired) electrons. The van der Waals surface area contributed by atoms with Crippen molar-refractivity contribution in [1.82, 2.24) is 0 Å². The predicted molar refractivity (Wildman–Crippen MR) is 167 cm³/mol. The zero-order valence-electron chi connectivity index (χ0n) is 26.8. The number of hydrogen-bond donors (Lipinski definition) is 0. The Morgan fingerprint density at radius 3 is 2.34 bits per heavy atom. The molecule has 2 heterocycles. The van der Waals surface area contributed by atoms with E-state index in [4.69, 9.17) is 23.7 Å². The van der Waals surface area contributed by atoms with Crippen LogP contribution in [-0.2, 0) is 42.9 Å². The number of unbranched alkanes of at least 4 members (excludes halogenated alkanes) is 1. The molecule has 1 spiro atoms. The normalized spacial score (nSPS) is 27.5. The summed E-state index contributed by atoms with van der Waals surface area (Å²) in [4.78, 5) is 48.5. The van der Waals surface area contributed by atoms with Gasteiger partial charge in [0.2, 0.25) is 0 Å². The molecule has 2 aliphatic rings. The highest BCUT2D eigenvalue weighted by Crippen LogP contribution is 2.48. The molecular formula is C35H50O9. The first-order chi connectivity index (χ1) is 21.0. The summed E-state index contributed by atoms with van der Waals surface area (Å²) in [5, 5.41) is 0. The Bertz CT molecular complexity index is 1100. The van der Waals surface area contributed by atoms with Crippen LogP contribution in [0.25, 0.3) is 0 Å². The van der Waals surface area contributed by atoms with Crippen LogP contribution in [0, 0.1) is 5.92 Å². The van der Waals surface area contributed by atoms with Crippen LogP contribution in [0.15, 0.2) is 60.8 Å². The fourth-order valence-corrected chi connectivity index (χ4v) is 5.41. The third kappa shape index (κ3) is 11.7. The Morgan fingerprint density at radius 2 is 1.66 bits per heavy atom. The molecule has 0 unspecified atom stereocenters. The minimum absolute atomic E-state index is 0.0786. The molecule has 2 saturated heterocycles. The number of allylic oxidation sites excluding steroid dienone is 3. The molecule has 0 bridgehead atoms. The molecule has 9 nitrogen and oxygen atoms in total. The van der Waals surface area contributed by atoms with Crippen molar-refractivity contribution < 1.29 is 42.9 Å². The van der Waals surface area contributed by atoms with E-state index in [0.29, 0.717) is 43.3 Å². The number of carbonyl (C=O) groups excluding carboxylic acids is 4. The highest BCUT2D eigenvalue weighted by atomic mass is 16.7. The summed E-state index contributed by atoms with van der Waals surface area (Å²) >= 11 is 0. The quantitative estimate of drug-likeness (QED) is 0.0457. The van der Waals surface area contributed by atoms with Crippen LogP contribution >= 0.6 is 0 Å². The molecule has 244 valence electrons. The molecule has 5 atom stereocenters. The van der Waals surface area contributed by atoms with Crippen LogP contribution in [0.2, 0.25) is 0 Å². The number of rotatable bonds is 17. The van der Waals surface area contributed by atoms with Gasteiger partial charge in [-0.1, -0.05) is 63.8 Å². The smallest absolute Gasteiger partial charge is 0.331 e. The van der Waals surface area contributed by atoms with E-state index in [1.807, 2.05) is 12.2 Å². The molecule has 0 amide bonds. The van der Waals surface area contributed by atoms with E-state index in [2.05, 4.69) is 27.0 Å². The third-order valence-corrected chi connectivity index (χ3v) is 8.02. The molecular weight excluding hydrogens is 564 g/mol. The largest absolute Gasteiger partial charge is 0.461 e. The maximum absolute atomic E-state index is 13.2. The Morgan fingerprint density at radius 1 is 0.955 bits per heavy atom. The average molecular weight is 615 g/mol. The van der Waals surface area contributed by atoms with Crippen molar-refractivity contribution >= 4 is 24.2 Å². The molecule has 0 aromatic carbocycles. The second-order valence-electron chi connectivity index (χ2n) is 11.7. The van der Waals surface area contributed by atoms with Crippen LogP contribution in [0.4, 0.5) is 0 Å². The minimum atomic E-state index is -1.00. The van der Waals surface area contributed by atoms with Crippen LogP contribution in [0.5, 0.6) is 0 Å². The van der Waals surface area contributed by atoms with E-state index in [0.717, 1.165) is 25.5 Å². The molecule has 0 aliphatic carbocycles. The highest BCUT2D eigenvalue weighted by molar-refractivity contribution is 5.83. The Kier molecular flexibility index (Phi) is 15.5. The molecule has 44 heavy (non-hydrogen) atoms. The summed E-state index contributed by atoms with van der Waals surface area (Å²) in [5.41, 5.74) is 0.284. The molecule has 0 N–H and O–H groups in total. The van der Waals surface area contributed by atoms with Gasteiger partial charge in [0.15, 0.2) is 5.79 Å². The second-order valence-corrected chi connectivity index (χ2v) is 11.7. The summed E-state index contributed by atoms with van der Waals surface area (Å²) in [6.45, 7) is 15.0. The van der Waals surface area contributed by atoms with Crippen LogP contribution in [0.3, 0.4) is 0 Å². The summed E-state index contributed by atoms with van der Waals surface area (Å²) in [6, 6.07) is 0. The van der Waals surface area contributed by atoms with Gasteiger partial charge >= 0.3 is 17.9 Å². The fourth-order valence-electron chi connectivity index (χ4n) is 5.41. The van der Waals surface area contributed by atoms with Crippen molar-refractivity contribution in [3.63, 3.8) is 0 Å². The average Bonchev–Trinajstić information content (AvgIpc) is 3.01. The summed E-state index contributed by atoms with van der Waals surface area (Å²) in [7, 11) is 0. The van der Waals surface area contributed by atoms with Crippen LogP contribution < -0.4 is 0 Å². The standard InChI is InChI=1S/C35H50O9/c1-7-10-18-34(44-32(38)16-15-31(37)40-22-8-2)20-21-35(19-17-28(6)29(42-35)13-11-27(5)25-36)43-30(34)14-12-26(4)24-33(39)41-23-9-3/h8-9,11-12,14,24-25,28-30H,2-3,7,10,13,15-23H2,1,4-6H3/b14-12+,26-24+,27-11+/t28-,29+,30-,34+,35-/m0/s1. The van der Waals surface area contributed by atoms with E-state index in [1.54, 1.807) is 19.9 Å². The maximum atomic E-state index is 13.2. The number of hydrogen-bond acceptors (Lipinski definition) is 9. The van der Waals surface area contributed by atoms with Gasteiger partial charge < -0.3 is 23.7 Å². The zero-order valence-corrected chi connectivity index (χ0v) is 26.8. The van der Waals surface area contributed by atoms with Gasteiger partial charge in [0.25, 0.3) is 0 Å². The summed E-state index contributed by atoms with van der Waals surface area (Å²) < 4.78 is 29.8. The first-order valence-corrected chi connectivity index (χ1v) is 15.6. The monoisotopic (exact) mass is 614 g/mol. The lowest BCUT2D eigenvalue weighted by Gasteiger charge is -2.53. The molecule has 2 aliphatic heterocycles. The van der Waals surface area contributed by atoms with Crippen molar-refractivity contribution in [1.29, 1.82) is 0 Å². The van der Waals surface area contributed by atoms with E-state index in [1.165, 1.54) is 18.2 Å². The lowest BCUT2D eigenvalue weighted by Crippen LogP contribution is -2.59. The molecule has 0 saturated carbocycles. The maximum Gasteiger partial charge on any atom is 0.331 e. The second kappa shape index (κ2) is 18.5. The van der Waals surface area contributed by atoms with E-state index in [-0.39, 0.29) is 38.1 Å². The number of esters is 3. The minimum Gasteiger partial charge on any atom is -0.461 e. The van der Waals surface area contributed by atoms with Crippen LogP contribution in [-0.4, -0.2) is 61.0 Å². The predicted octanol–water partition coefficient (Wildman–Crippen LogP) is 6.43. The molecule has 2 rings (SSSR count). The zero-order chi connectivity index (χ0) is 32.6. The fraction of sp³-hybridized carbons (Fsp3) is 0.600. The first-order valence-electron chi connectivity index (χ1n) is 15.6. The Labute approximate surface area is 262 Å². The highest BCUT2D eigenvalue weighted by Gasteiger charge is 2.54. The van der Waals surface area contributed by atoms with E-state index in [9.17, 15) is 19.2 Å². The topological polar surface area (TPSA) is 114 Å². The number of carbonyl (C=O) groups is 4. The van der Waals surface area contributed by atoms with Crippen molar-refractivity contribution in [3.05, 3.63) is 60.8 Å².